The van der Waals surface area contributed by atoms with E-state index in [1.54, 1.807) is 0 Å². The summed E-state index contributed by atoms with van der Waals surface area (Å²) in [5, 5.41) is 5.50. The monoisotopic (exact) mass is 345 g/mol. The summed E-state index contributed by atoms with van der Waals surface area (Å²) in [7, 11) is 0. The van der Waals surface area contributed by atoms with Crippen molar-refractivity contribution in [1.29, 1.82) is 0 Å². The summed E-state index contributed by atoms with van der Waals surface area (Å²) in [4.78, 5) is 15.5. The number of fused-ring (bicyclic) bond motifs is 2. The molecule has 0 spiro atoms. The predicted molar refractivity (Wildman–Crippen MR) is 106 cm³/mol. The number of hydrogen-bond acceptors (Lipinski definition) is 1. The molecule has 132 valence electrons. The number of carbonyl (C=O) groups is 1. The summed E-state index contributed by atoms with van der Waals surface area (Å²) in [5.41, 5.74) is 4.82. The number of aryl methyl sites for hydroxylation is 2. The normalized spacial score (nSPS) is 11.3. The van der Waals surface area contributed by atoms with E-state index < -0.39 is 0 Å². The van der Waals surface area contributed by atoms with Crippen LogP contribution < -0.4 is 5.32 Å². The molecule has 2 aromatic heterocycles. The number of para-hydroxylation sites is 1. The molecule has 0 unspecified atom stereocenters. The fourth-order valence-electron chi connectivity index (χ4n) is 3.50. The van der Waals surface area contributed by atoms with Crippen molar-refractivity contribution in [2.45, 2.75) is 26.3 Å². The van der Waals surface area contributed by atoms with Gasteiger partial charge in [-0.3, -0.25) is 4.79 Å². The van der Waals surface area contributed by atoms with Gasteiger partial charge in [-0.25, -0.2) is 0 Å². The molecule has 0 aliphatic heterocycles. The van der Waals surface area contributed by atoms with Crippen LogP contribution in [0.5, 0.6) is 0 Å². The van der Waals surface area contributed by atoms with Gasteiger partial charge in [-0.05, 0) is 48.6 Å². The van der Waals surface area contributed by atoms with Gasteiger partial charge in [-0.2, -0.15) is 0 Å². The second kappa shape index (κ2) is 7.08. The Morgan fingerprint density at radius 2 is 2.04 bits per heavy atom. The summed E-state index contributed by atoms with van der Waals surface area (Å²) < 4.78 is 2.15. The molecule has 2 heterocycles. The van der Waals surface area contributed by atoms with Gasteiger partial charge in [-0.1, -0.05) is 29.8 Å². The lowest BCUT2D eigenvalue weighted by atomic mass is 10.1. The number of nitrogens with zero attached hydrogens (tertiary/aromatic N) is 1. The standard InChI is InChI=1S/C22H23N3O/c1-16-6-7-21-17(14-16)9-12-25(21)13-10-22(26)23-11-8-18-15-24-20-5-3-2-4-19(18)20/h2-7,9,12,14-15,24H,8,10-11,13H2,1H3,(H,23,26). The van der Waals surface area contributed by atoms with Crippen LogP contribution in [-0.2, 0) is 17.8 Å². The van der Waals surface area contributed by atoms with Gasteiger partial charge in [-0.15, -0.1) is 0 Å². The molecule has 4 nitrogen and oxygen atoms in total. The largest absolute Gasteiger partial charge is 0.361 e. The van der Waals surface area contributed by atoms with Crippen LogP contribution in [0.2, 0.25) is 0 Å². The highest BCUT2D eigenvalue weighted by molar-refractivity contribution is 5.83. The number of nitrogens with one attached hydrogen (secondary N) is 2. The third-order valence-corrected chi connectivity index (χ3v) is 4.90. The van der Waals surface area contributed by atoms with E-state index in [0.29, 0.717) is 19.5 Å². The van der Waals surface area contributed by atoms with E-state index in [4.69, 9.17) is 0 Å². The van der Waals surface area contributed by atoms with E-state index in [-0.39, 0.29) is 5.91 Å². The molecule has 4 rings (SSSR count). The molecular formula is C22H23N3O. The molecule has 0 saturated carbocycles. The molecule has 0 bridgehead atoms. The second-order valence-corrected chi connectivity index (χ2v) is 6.78. The van der Waals surface area contributed by atoms with Crippen molar-refractivity contribution < 1.29 is 4.79 Å². The third-order valence-electron chi connectivity index (χ3n) is 4.90. The highest BCUT2D eigenvalue weighted by Crippen LogP contribution is 2.18. The zero-order valence-electron chi connectivity index (χ0n) is 15.0. The molecular weight excluding hydrogens is 322 g/mol. The maximum absolute atomic E-state index is 12.2. The van der Waals surface area contributed by atoms with Crippen molar-refractivity contribution in [3.05, 3.63) is 72.1 Å². The average Bonchev–Trinajstić information content (AvgIpc) is 3.24. The van der Waals surface area contributed by atoms with Gasteiger partial charge in [0, 0.05) is 48.3 Å². The molecule has 0 fully saturated rings. The summed E-state index contributed by atoms with van der Waals surface area (Å²) in [6.45, 7) is 3.45. The molecule has 0 radical (unpaired) electrons. The lowest BCUT2D eigenvalue weighted by Gasteiger charge is -2.07. The van der Waals surface area contributed by atoms with E-state index in [9.17, 15) is 4.79 Å². The Kier molecular flexibility index (Phi) is 4.48. The molecule has 4 heteroatoms. The first-order valence-corrected chi connectivity index (χ1v) is 9.08. The molecule has 0 atom stereocenters. The van der Waals surface area contributed by atoms with E-state index in [1.807, 2.05) is 18.3 Å². The van der Waals surface area contributed by atoms with Crippen LogP contribution in [0, 0.1) is 6.92 Å². The fourth-order valence-corrected chi connectivity index (χ4v) is 3.50. The first-order chi connectivity index (χ1) is 12.7. The molecule has 2 N–H and O–H groups in total. The summed E-state index contributed by atoms with van der Waals surface area (Å²) in [5.74, 6) is 0.0961. The number of H-pyrrole nitrogens is 1. The van der Waals surface area contributed by atoms with Crippen LogP contribution >= 0.6 is 0 Å². The van der Waals surface area contributed by atoms with Crippen LogP contribution in [0.15, 0.2) is 60.9 Å². The zero-order valence-corrected chi connectivity index (χ0v) is 15.0. The van der Waals surface area contributed by atoms with Gasteiger partial charge in [0.05, 0.1) is 0 Å². The quantitative estimate of drug-likeness (QED) is 0.541. The number of aromatic nitrogens is 2. The second-order valence-electron chi connectivity index (χ2n) is 6.78. The van der Waals surface area contributed by atoms with Crippen molar-refractivity contribution in [3.63, 3.8) is 0 Å². The lowest BCUT2D eigenvalue weighted by molar-refractivity contribution is -0.121. The molecule has 2 aromatic carbocycles. The van der Waals surface area contributed by atoms with Gasteiger partial charge in [0.1, 0.15) is 0 Å². The van der Waals surface area contributed by atoms with Crippen LogP contribution in [0.3, 0.4) is 0 Å². The summed E-state index contributed by atoms with van der Waals surface area (Å²) >= 11 is 0. The van der Waals surface area contributed by atoms with Gasteiger partial charge in [0.2, 0.25) is 5.91 Å². The van der Waals surface area contributed by atoms with Gasteiger partial charge >= 0.3 is 0 Å². The topological polar surface area (TPSA) is 49.8 Å². The van der Waals surface area contributed by atoms with Gasteiger partial charge < -0.3 is 14.9 Å². The summed E-state index contributed by atoms with van der Waals surface area (Å²) in [6.07, 6.45) is 5.42. The SMILES string of the molecule is Cc1ccc2c(ccn2CCC(=O)NCCc2c[nH]c3ccccc23)c1. The van der Waals surface area contributed by atoms with Crippen LogP contribution in [0.4, 0.5) is 0 Å². The number of aromatic amines is 1. The van der Waals surface area contributed by atoms with Crippen LogP contribution in [-0.4, -0.2) is 22.0 Å². The van der Waals surface area contributed by atoms with E-state index >= 15 is 0 Å². The Balaban J connectivity index is 1.30. The first kappa shape index (κ1) is 16.5. The molecule has 0 aliphatic rings. The Bertz CT molecular complexity index is 1060. The van der Waals surface area contributed by atoms with Crippen molar-refractivity contribution in [1.82, 2.24) is 14.9 Å². The van der Waals surface area contributed by atoms with Gasteiger partial charge in [0.15, 0.2) is 0 Å². The zero-order chi connectivity index (χ0) is 17.9. The first-order valence-electron chi connectivity index (χ1n) is 9.08. The lowest BCUT2D eigenvalue weighted by Crippen LogP contribution is -2.26. The van der Waals surface area contributed by atoms with E-state index in [2.05, 4.69) is 64.4 Å². The van der Waals surface area contributed by atoms with Crippen molar-refractivity contribution >= 4 is 27.7 Å². The van der Waals surface area contributed by atoms with Gasteiger partial charge in [0.25, 0.3) is 0 Å². The average molecular weight is 345 g/mol. The predicted octanol–water partition coefficient (Wildman–Crippen LogP) is 4.18. The smallest absolute Gasteiger partial charge is 0.221 e. The number of benzene rings is 2. The summed E-state index contributed by atoms with van der Waals surface area (Å²) in [6, 6.07) is 16.8. The van der Waals surface area contributed by atoms with Crippen molar-refractivity contribution in [2.24, 2.45) is 0 Å². The minimum Gasteiger partial charge on any atom is -0.361 e. The Hall–Kier alpha value is -3.01. The van der Waals surface area contributed by atoms with E-state index in [0.717, 1.165) is 11.9 Å². The Morgan fingerprint density at radius 3 is 2.96 bits per heavy atom. The fraction of sp³-hybridized carbons (Fsp3) is 0.227. The Labute approximate surface area is 152 Å². The maximum atomic E-state index is 12.2. The van der Waals surface area contributed by atoms with Crippen molar-refractivity contribution in [2.75, 3.05) is 6.54 Å². The number of amides is 1. The number of carbonyl (C=O) groups excluding carboxylic acids is 1. The van der Waals surface area contributed by atoms with E-state index in [1.165, 1.54) is 27.4 Å². The minimum atomic E-state index is 0.0961. The van der Waals surface area contributed by atoms with Crippen LogP contribution in [0.1, 0.15) is 17.5 Å². The van der Waals surface area contributed by atoms with Crippen molar-refractivity contribution in [3.8, 4) is 0 Å². The molecule has 1 amide bonds. The van der Waals surface area contributed by atoms with Crippen LogP contribution in [0.25, 0.3) is 21.8 Å². The highest BCUT2D eigenvalue weighted by Gasteiger charge is 2.06. The number of rotatable bonds is 6. The molecule has 0 saturated heterocycles. The molecule has 0 aliphatic carbocycles. The highest BCUT2D eigenvalue weighted by atomic mass is 16.1. The Morgan fingerprint density at radius 1 is 1.15 bits per heavy atom. The number of hydrogen-bond donors (Lipinski definition) is 2. The maximum Gasteiger partial charge on any atom is 0.221 e. The molecule has 26 heavy (non-hydrogen) atoms. The minimum absolute atomic E-state index is 0.0961. The molecule has 4 aromatic rings. The third kappa shape index (κ3) is 3.36.